The Balaban J connectivity index is 1.81. The summed E-state index contributed by atoms with van der Waals surface area (Å²) in [6, 6.07) is 1.18. The van der Waals surface area contributed by atoms with Crippen molar-refractivity contribution in [2.75, 3.05) is 18.8 Å². The van der Waals surface area contributed by atoms with Gasteiger partial charge in [0.2, 0.25) is 6.29 Å². The van der Waals surface area contributed by atoms with Gasteiger partial charge in [-0.3, -0.25) is 4.79 Å². The highest BCUT2D eigenvalue weighted by Crippen LogP contribution is 2.26. The van der Waals surface area contributed by atoms with Crippen LogP contribution in [0.25, 0.3) is 0 Å². The Hall–Kier alpha value is -3.41. The summed E-state index contributed by atoms with van der Waals surface area (Å²) in [7, 11) is 0. The fraction of sp³-hybridized carbons (Fsp3) is 0.214. The van der Waals surface area contributed by atoms with Crippen molar-refractivity contribution < 1.29 is 23.9 Å². The molecule has 1 aliphatic heterocycles. The van der Waals surface area contributed by atoms with E-state index >= 15 is 0 Å². The van der Waals surface area contributed by atoms with Crippen LogP contribution in [0.3, 0.4) is 0 Å². The molecule has 0 saturated carbocycles. The van der Waals surface area contributed by atoms with Crippen LogP contribution in [-0.4, -0.2) is 62.8 Å². The summed E-state index contributed by atoms with van der Waals surface area (Å²) in [6.07, 6.45) is 2.88. The maximum absolute atomic E-state index is 12.5. The predicted octanol–water partition coefficient (Wildman–Crippen LogP) is 1.14. The van der Waals surface area contributed by atoms with Crippen LogP contribution < -0.4 is 5.73 Å². The molecule has 2 aromatic heterocycles. The van der Waals surface area contributed by atoms with Gasteiger partial charge in [0.05, 0.1) is 31.3 Å². The van der Waals surface area contributed by atoms with Gasteiger partial charge in [-0.2, -0.15) is 10.1 Å². The number of carbonyl (C=O) groups excluding carboxylic acids is 2. The quantitative estimate of drug-likeness (QED) is 0.718. The second kappa shape index (κ2) is 7.23. The van der Waals surface area contributed by atoms with E-state index in [4.69, 9.17) is 10.2 Å². The normalized spacial score (nSPS) is 15.6. The van der Waals surface area contributed by atoms with E-state index in [-0.39, 0.29) is 23.9 Å². The van der Waals surface area contributed by atoms with Gasteiger partial charge in [-0.1, -0.05) is 0 Å². The minimum absolute atomic E-state index is 0.0123. The Morgan fingerprint density at radius 1 is 1.58 bits per heavy atom. The zero-order valence-corrected chi connectivity index (χ0v) is 14.0. The van der Waals surface area contributed by atoms with Crippen molar-refractivity contribution in [3.63, 3.8) is 0 Å². The Kier molecular flexibility index (Phi) is 4.84. The van der Waals surface area contributed by atoms with Gasteiger partial charge in [-0.25, -0.2) is 24.6 Å². The van der Waals surface area contributed by atoms with E-state index < -0.39 is 18.2 Å². The molecule has 1 atom stereocenters. The molecule has 3 rings (SSSR count). The number of urea groups is 1. The Bertz CT molecular complexity index is 835. The number of hydrogen-bond acceptors (Lipinski definition) is 8. The van der Waals surface area contributed by atoms with Crippen LogP contribution in [0.15, 0.2) is 33.3 Å². The van der Waals surface area contributed by atoms with Gasteiger partial charge in [-0.05, 0) is 12.1 Å². The average molecular weight is 377 g/mol. The van der Waals surface area contributed by atoms with Gasteiger partial charge in [-0.15, -0.1) is 11.3 Å². The zero-order valence-electron chi connectivity index (χ0n) is 13.2. The van der Waals surface area contributed by atoms with Crippen molar-refractivity contribution in [2.45, 2.75) is 6.04 Å². The average Bonchev–Trinajstić information content (AvgIpc) is 3.33. The summed E-state index contributed by atoms with van der Waals surface area (Å²) in [5, 5.41) is 17.6. The largest absolute Gasteiger partial charge is 0.464 e. The monoisotopic (exact) mass is 377 g/mol. The molecule has 3 amide bonds. The van der Waals surface area contributed by atoms with E-state index in [0.717, 1.165) is 21.4 Å². The number of amides is 3. The SMILES string of the molecule is Nc1nc(C([C]=O)N(C(=O)O)N2CCN(N=Cc3ccco3)C2=O)cs1. The number of carbonyl (C=O) groups is 2. The molecule has 1 fully saturated rings. The standard InChI is InChI=1S/C14H13N6O5S/c15-12-17-10(8-26-12)11(7-21)20(14(23)24)19-4-3-18(13(19)22)16-6-9-2-1-5-25-9/h1-2,5-6,8,11H,3-4H2,(H2,15,17)(H,23,24). The van der Waals surface area contributed by atoms with Crippen molar-refractivity contribution in [3.8, 4) is 0 Å². The number of hydrazine groups is 1. The lowest BCUT2D eigenvalue weighted by Gasteiger charge is -2.31. The maximum Gasteiger partial charge on any atom is 0.427 e. The molecule has 135 valence electrons. The van der Waals surface area contributed by atoms with E-state index in [1.165, 1.54) is 17.9 Å². The van der Waals surface area contributed by atoms with E-state index in [1.54, 1.807) is 18.4 Å². The van der Waals surface area contributed by atoms with Crippen LogP contribution in [0.1, 0.15) is 17.5 Å². The number of furan rings is 1. The third kappa shape index (κ3) is 3.35. The number of hydrogen-bond donors (Lipinski definition) is 2. The molecule has 0 aliphatic carbocycles. The number of nitrogen functional groups attached to an aromatic ring is 1. The molecule has 1 aliphatic rings. The van der Waals surface area contributed by atoms with Crippen LogP contribution in [-0.2, 0) is 4.79 Å². The fourth-order valence-electron chi connectivity index (χ4n) is 2.33. The summed E-state index contributed by atoms with van der Waals surface area (Å²) in [6.45, 7) is 0.142. The van der Waals surface area contributed by atoms with E-state index in [2.05, 4.69) is 10.1 Å². The number of thiazole rings is 1. The van der Waals surface area contributed by atoms with Crippen molar-refractivity contribution in [2.24, 2.45) is 5.10 Å². The topological polar surface area (TPSA) is 146 Å². The summed E-state index contributed by atoms with van der Waals surface area (Å²) >= 11 is 1.05. The smallest absolute Gasteiger partial charge is 0.427 e. The van der Waals surface area contributed by atoms with Crippen LogP contribution >= 0.6 is 11.3 Å². The number of hydrazone groups is 1. The molecular weight excluding hydrogens is 364 g/mol. The van der Waals surface area contributed by atoms with Crippen molar-refractivity contribution in [3.05, 3.63) is 35.2 Å². The second-order valence-electron chi connectivity index (χ2n) is 5.05. The lowest BCUT2D eigenvalue weighted by molar-refractivity contribution is 0.0177. The Morgan fingerprint density at radius 3 is 2.96 bits per heavy atom. The second-order valence-corrected chi connectivity index (χ2v) is 5.94. The molecule has 3 N–H and O–H groups in total. The van der Waals surface area contributed by atoms with Gasteiger partial charge >= 0.3 is 12.1 Å². The molecule has 12 heteroatoms. The lowest BCUT2D eigenvalue weighted by atomic mass is 10.2. The van der Waals surface area contributed by atoms with Gasteiger partial charge in [0.1, 0.15) is 5.76 Å². The number of nitrogens with zero attached hydrogens (tertiary/aromatic N) is 5. The molecule has 11 nitrogen and oxygen atoms in total. The molecule has 0 bridgehead atoms. The maximum atomic E-state index is 12.5. The number of anilines is 1. The van der Waals surface area contributed by atoms with E-state index in [1.807, 2.05) is 0 Å². The first-order chi connectivity index (χ1) is 12.5. The van der Waals surface area contributed by atoms with Gasteiger partial charge in [0.25, 0.3) is 0 Å². The fourth-order valence-corrected chi connectivity index (χ4v) is 2.91. The van der Waals surface area contributed by atoms with Gasteiger partial charge < -0.3 is 15.3 Å². The first kappa shape index (κ1) is 17.4. The van der Waals surface area contributed by atoms with Crippen LogP contribution in [0.2, 0.25) is 0 Å². The Morgan fingerprint density at radius 2 is 2.38 bits per heavy atom. The molecule has 0 spiro atoms. The number of nitrogens with two attached hydrogens (primary N) is 1. The lowest BCUT2D eigenvalue weighted by Crippen LogP contribution is -2.50. The summed E-state index contributed by atoms with van der Waals surface area (Å²) in [5.74, 6) is 0.434. The minimum atomic E-state index is -1.50. The number of rotatable bonds is 6. The molecule has 26 heavy (non-hydrogen) atoms. The molecule has 0 aromatic carbocycles. The van der Waals surface area contributed by atoms with Crippen LogP contribution in [0.5, 0.6) is 0 Å². The molecule has 2 aromatic rings. The van der Waals surface area contributed by atoms with Crippen LogP contribution in [0.4, 0.5) is 14.7 Å². The molecule has 1 radical (unpaired) electrons. The first-order valence-corrected chi connectivity index (χ1v) is 8.16. The summed E-state index contributed by atoms with van der Waals surface area (Å²) in [4.78, 5) is 39.5. The van der Waals surface area contributed by atoms with Crippen molar-refractivity contribution >= 4 is 41.1 Å². The zero-order chi connectivity index (χ0) is 18.7. The van der Waals surface area contributed by atoms with Crippen LogP contribution in [0, 0.1) is 0 Å². The molecule has 3 heterocycles. The van der Waals surface area contributed by atoms with E-state index in [9.17, 15) is 19.5 Å². The highest BCUT2D eigenvalue weighted by Gasteiger charge is 2.40. The molecular formula is C14H13N6O5S. The molecule has 1 saturated heterocycles. The highest BCUT2D eigenvalue weighted by molar-refractivity contribution is 7.13. The highest BCUT2D eigenvalue weighted by atomic mass is 32.1. The molecule has 1 unspecified atom stereocenters. The number of aromatic nitrogens is 1. The van der Waals surface area contributed by atoms with Gasteiger partial charge in [0.15, 0.2) is 11.2 Å². The number of carboxylic acid groups (broad SMARTS) is 1. The van der Waals surface area contributed by atoms with Crippen molar-refractivity contribution in [1.82, 2.24) is 20.0 Å². The third-order valence-corrected chi connectivity index (χ3v) is 4.16. The predicted molar refractivity (Wildman–Crippen MR) is 89.9 cm³/mol. The van der Waals surface area contributed by atoms with Gasteiger partial charge in [0, 0.05) is 5.38 Å². The minimum Gasteiger partial charge on any atom is -0.464 e. The van der Waals surface area contributed by atoms with Crippen molar-refractivity contribution in [1.29, 1.82) is 0 Å². The first-order valence-electron chi connectivity index (χ1n) is 7.28. The van der Waals surface area contributed by atoms with E-state index in [0.29, 0.717) is 10.8 Å². The third-order valence-electron chi connectivity index (χ3n) is 3.46. The summed E-state index contributed by atoms with van der Waals surface area (Å²) in [5.41, 5.74) is 5.62. The summed E-state index contributed by atoms with van der Waals surface area (Å²) < 4.78 is 5.08. The Labute approximate surface area is 150 Å².